The second-order valence-electron chi connectivity index (χ2n) is 13.0. The lowest BCUT2D eigenvalue weighted by molar-refractivity contribution is -0.124. The fraction of sp³-hybridized carbons (Fsp3) is 0.432. The second-order valence-corrected chi connectivity index (χ2v) is 14.8. The van der Waals surface area contributed by atoms with Crippen molar-refractivity contribution in [2.75, 3.05) is 7.05 Å². The van der Waals surface area contributed by atoms with Gasteiger partial charge in [0.2, 0.25) is 5.91 Å². The van der Waals surface area contributed by atoms with Gasteiger partial charge >= 0.3 is 12.1 Å². The third-order valence-electron chi connectivity index (χ3n) is 8.12. The first-order chi connectivity index (χ1) is 23.6. The van der Waals surface area contributed by atoms with Gasteiger partial charge in [-0.1, -0.05) is 88.4 Å². The second kappa shape index (κ2) is 19.0. The molecule has 0 radical (unpaired) electrons. The van der Waals surface area contributed by atoms with Crippen molar-refractivity contribution in [2.24, 2.45) is 5.92 Å². The number of hydrogen-bond acceptors (Lipinski definition) is 7. The molecule has 5 amide bonds. The Morgan fingerprint density at radius 2 is 1.43 bits per heavy atom. The van der Waals surface area contributed by atoms with Crippen LogP contribution < -0.4 is 21.3 Å². The molecule has 262 valence electrons. The van der Waals surface area contributed by atoms with Crippen molar-refractivity contribution in [3.8, 4) is 0 Å². The monoisotopic (exact) mass is 703 g/mol. The number of nitrogens with zero attached hydrogens (tertiary/aromatic N) is 3. The molecule has 4 N–H and O–H groups in total. The maximum atomic E-state index is 13.9. The van der Waals surface area contributed by atoms with Crippen LogP contribution in [-0.2, 0) is 30.7 Å². The summed E-state index contributed by atoms with van der Waals surface area (Å²) in [5.41, 5.74) is 3.03. The van der Waals surface area contributed by atoms with Crippen molar-refractivity contribution in [1.82, 2.24) is 36.1 Å². The molecule has 4 aromatic rings. The van der Waals surface area contributed by atoms with Crippen molar-refractivity contribution in [1.29, 1.82) is 0 Å². The van der Waals surface area contributed by atoms with Gasteiger partial charge in [-0.2, -0.15) is 0 Å². The molecule has 10 nitrogen and oxygen atoms in total. The van der Waals surface area contributed by atoms with E-state index in [-0.39, 0.29) is 36.0 Å². The summed E-state index contributed by atoms with van der Waals surface area (Å²) in [6, 6.07) is 18.4. The standard InChI is InChI=1S/C37H49N7O3S2/c1-25(2)33(43-37(47)44(5)23-31-24-49-35(41-31)26(3)4)34(45)40-29(20-27-12-8-6-9-13-27)16-17-30(21-28-14-10-7-11-15-28)42-36(46)39-22-32-38-18-19-48-32/h6-15,18-19,24-26,29-30,33H,16-17,20-23H2,1-5H3,(H,40,45)(H,43,47)(H2,39,42,46)/t29-,30-,33+/m1/s1. The first-order valence-corrected chi connectivity index (χ1v) is 18.6. The lowest BCUT2D eigenvalue weighted by Gasteiger charge is -2.28. The molecule has 0 aliphatic heterocycles. The van der Waals surface area contributed by atoms with E-state index in [1.54, 1.807) is 29.5 Å². The summed E-state index contributed by atoms with van der Waals surface area (Å²) >= 11 is 3.08. The predicted molar refractivity (Wildman–Crippen MR) is 198 cm³/mol. The zero-order valence-corrected chi connectivity index (χ0v) is 30.7. The van der Waals surface area contributed by atoms with E-state index in [4.69, 9.17) is 0 Å². The molecule has 2 aromatic carbocycles. The van der Waals surface area contributed by atoms with Gasteiger partial charge < -0.3 is 26.2 Å². The number of amides is 5. The van der Waals surface area contributed by atoms with Crippen molar-refractivity contribution in [2.45, 2.75) is 90.5 Å². The van der Waals surface area contributed by atoms with E-state index in [0.29, 0.717) is 44.7 Å². The molecular weight excluding hydrogens is 655 g/mol. The van der Waals surface area contributed by atoms with Crippen LogP contribution in [0.3, 0.4) is 0 Å². The highest BCUT2D eigenvalue weighted by Crippen LogP contribution is 2.20. The lowest BCUT2D eigenvalue weighted by Crippen LogP contribution is -2.54. The number of thiazole rings is 2. The highest BCUT2D eigenvalue weighted by atomic mass is 32.1. The molecule has 0 spiro atoms. The Kier molecular flexibility index (Phi) is 14.6. The van der Waals surface area contributed by atoms with E-state index in [9.17, 15) is 14.4 Å². The van der Waals surface area contributed by atoms with Gasteiger partial charge in [-0.25, -0.2) is 19.6 Å². The zero-order valence-electron chi connectivity index (χ0n) is 29.0. The van der Waals surface area contributed by atoms with E-state index < -0.39 is 6.04 Å². The Morgan fingerprint density at radius 3 is 1.96 bits per heavy atom. The quantitative estimate of drug-likeness (QED) is 0.0998. The number of carbonyl (C=O) groups is 3. The minimum Gasteiger partial charge on any atom is -0.351 e. The normalized spacial score (nSPS) is 13.0. The summed E-state index contributed by atoms with van der Waals surface area (Å²) in [6.45, 7) is 8.75. The molecular formula is C37H49N7O3S2. The van der Waals surface area contributed by atoms with Crippen LogP contribution in [0.25, 0.3) is 0 Å². The molecule has 4 rings (SSSR count). The average Bonchev–Trinajstić information content (AvgIpc) is 3.78. The third kappa shape index (κ3) is 12.6. The molecule has 2 heterocycles. The molecule has 0 aliphatic carbocycles. The Labute approximate surface area is 298 Å². The molecule has 0 aliphatic rings. The van der Waals surface area contributed by atoms with E-state index in [1.807, 2.05) is 73.1 Å². The first kappa shape index (κ1) is 37.5. The average molecular weight is 704 g/mol. The van der Waals surface area contributed by atoms with Crippen LogP contribution in [0.1, 0.15) is 73.3 Å². The molecule has 2 aromatic heterocycles. The molecule has 0 bridgehead atoms. The lowest BCUT2D eigenvalue weighted by atomic mass is 9.95. The minimum absolute atomic E-state index is 0.143. The Morgan fingerprint density at radius 1 is 0.816 bits per heavy atom. The van der Waals surface area contributed by atoms with Gasteiger partial charge in [-0.3, -0.25) is 4.79 Å². The number of urea groups is 2. The molecule has 49 heavy (non-hydrogen) atoms. The number of benzene rings is 2. The van der Waals surface area contributed by atoms with E-state index >= 15 is 0 Å². The molecule has 0 saturated carbocycles. The Hall–Kier alpha value is -4.29. The summed E-state index contributed by atoms with van der Waals surface area (Å²) < 4.78 is 0. The van der Waals surface area contributed by atoms with Gasteiger partial charge in [0.15, 0.2) is 0 Å². The van der Waals surface area contributed by atoms with Crippen LogP contribution in [0.2, 0.25) is 0 Å². The zero-order chi connectivity index (χ0) is 35.2. The molecule has 0 saturated heterocycles. The van der Waals surface area contributed by atoms with Crippen LogP contribution >= 0.6 is 22.7 Å². The number of hydrogen-bond donors (Lipinski definition) is 4. The predicted octanol–water partition coefficient (Wildman–Crippen LogP) is 6.51. The Balaban J connectivity index is 1.43. The van der Waals surface area contributed by atoms with Crippen LogP contribution in [0, 0.1) is 5.92 Å². The van der Waals surface area contributed by atoms with Gasteiger partial charge in [-0.05, 0) is 42.7 Å². The molecule has 12 heteroatoms. The van der Waals surface area contributed by atoms with Crippen LogP contribution in [0.5, 0.6) is 0 Å². The van der Waals surface area contributed by atoms with Crippen LogP contribution in [0.15, 0.2) is 77.6 Å². The summed E-state index contributed by atoms with van der Waals surface area (Å²) in [5.74, 6) is -0.0518. The topological polar surface area (TPSA) is 128 Å². The number of rotatable bonds is 17. The maximum Gasteiger partial charge on any atom is 0.318 e. The van der Waals surface area contributed by atoms with Crippen molar-refractivity contribution < 1.29 is 14.4 Å². The highest BCUT2D eigenvalue weighted by molar-refractivity contribution is 7.09. The van der Waals surface area contributed by atoms with Gasteiger partial charge in [0.05, 0.1) is 23.8 Å². The summed E-state index contributed by atoms with van der Waals surface area (Å²) in [4.78, 5) is 50.5. The van der Waals surface area contributed by atoms with Gasteiger partial charge in [0, 0.05) is 42.0 Å². The summed E-state index contributed by atoms with van der Waals surface area (Å²) in [7, 11) is 1.71. The first-order valence-electron chi connectivity index (χ1n) is 16.8. The van der Waals surface area contributed by atoms with E-state index in [1.165, 1.54) is 11.3 Å². The molecule has 0 fully saturated rings. The SMILES string of the molecule is CC(C)c1nc(CN(C)C(=O)N[C@H](C(=O)N[C@H](CC[C@H](Cc2ccccc2)NC(=O)NCc2nccs2)Cc2ccccc2)C(C)C)cs1. The van der Waals surface area contributed by atoms with Crippen LogP contribution in [-0.4, -0.2) is 58.0 Å². The van der Waals surface area contributed by atoms with E-state index in [2.05, 4.69) is 57.2 Å². The fourth-order valence-electron chi connectivity index (χ4n) is 5.43. The summed E-state index contributed by atoms with van der Waals surface area (Å²) in [6.07, 6.45) is 4.22. The maximum absolute atomic E-state index is 13.9. The van der Waals surface area contributed by atoms with Crippen molar-refractivity contribution in [3.05, 3.63) is 104 Å². The fourth-order valence-corrected chi connectivity index (χ4v) is 6.81. The number of carbonyl (C=O) groups excluding carboxylic acids is 3. The Bertz CT molecular complexity index is 1580. The minimum atomic E-state index is -0.732. The highest BCUT2D eigenvalue weighted by Gasteiger charge is 2.28. The number of nitrogens with one attached hydrogen (secondary N) is 4. The van der Waals surface area contributed by atoms with Gasteiger partial charge in [0.25, 0.3) is 0 Å². The summed E-state index contributed by atoms with van der Waals surface area (Å²) in [5, 5.41) is 18.0. The van der Waals surface area contributed by atoms with Crippen molar-refractivity contribution >= 4 is 40.6 Å². The number of aromatic nitrogens is 2. The third-order valence-corrected chi connectivity index (χ3v) is 10.1. The smallest absolute Gasteiger partial charge is 0.318 e. The van der Waals surface area contributed by atoms with E-state index in [0.717, 1.165) is 26.8 Å². The van der Waals surface area contributed by atoms with Gasteiger partial charge in [0.1, 0.15) is 11.0 Å². The molecule has 0 unspecified atom stereocenters. The molecule has 3 atom stereocenters. The van der Waals surface area contributed by atoms with Crippen molar-refractivity contribution in [3.63, 3.8) is 0 Å². The largest absolute Gasteiger partial charge is 0.351 e. The van der Waals surface area contributed by atoms with Gasteiger partial charge in [-0.15, -0.1) is 22.7 Å². The van der Waals surface area contributed by atoms with Crippen LogP contribution in [0.4, 0.5) is 9.59 Å².